The molecule has 2 unspecified atom stereocenters. The zero-order valence-corrected chi connectivity index (χ0v) is 11.1. The van der Waals surface area contributed by atoms with E-state index < -0.39 is 0 Å². The Hall–Kier alpha value is -0.410. The molecule has 16 heavy (non-hydrogen) atoms. The fourth-order valence-corrected chi connectivity index (χ4v) is 3.14. The van der Waals surface area contributed by atoms with Crippen LogP contribution >= 0.6 is 11.3 Å². The zero-order valence-electron chi connectivity index (χ0n) is 10.3. The molecule has 1 saturated carbocycles. The Morgan fingerprint density at radius 3 is 3.06 bits per heavy atom. The minimum absolute atomic E-state index is 0.725. The van der Waals surface area contributed by atoms with Crippen LogP contribution in [0.3, 0.4) is 0 Å². The van der Waals surface area contributed by atoms with Gasteiger partial charge in [-0.05, 0) is 24.7 Å². The molecule has 0 radical (unpaired) electrons. The predicted octanol–water partition coefficient (Wildman–Crippen LogP) is 3.45. The SMILES string of the molecule is CC(C)C1CCCC(NCc2cncs2)C1. The summed E-state index contributed by atoms with van der Waals surface area (Å²) in [5.41, 5.74) is 1.91. The normalized spacial score (nSPS) is 26.2. The number of aromatic nitrogens is 1. The second-order valence-corrected chi connectivity index (χ2v) is 6.19. The van der Waals surface area contributed by atoms with Crippen molar-refractivity contribution in [3.63, 3.8) is 0 Å². The summed E-state index contributed by atoms with van der Waals surface area (Å²) in [5.74, 6) is 1.76. The Balaban J connectivity index is 1.77. The summed E-state index contributed by atoms with van der Waals surface area (Å²) >= 11 is 1.74. The van der Waals surface area contributed by atoms with Gasteiger partial charge in [-0.1, -0.05) is 26.7 Å². The smallest absolute Gasteiger partial charge is 0.0794 e. The van der Waals surface area contributed by atoms with E-state index in [0.29, 0.717) is 0 Å². The van der Waals surface area contributed by atoms with Gasteiger partial charge in [0.1, 0.15) is 0 Å². The van der Waals surface area contributed by atoms with Crippen molar-refractivity contribution in [2.45, 2.75) is 52.1 Å². The van der Waals surface area contributed by atoms with E-state index in [2.05, 4.69) is 24.1 Å². The minimum Gasteiger partial charge on any atom is -0.309 e. The maximum absolute atomic E-state index is 4.11. The summed E-state index contributed by atoms with van der Waals surface area (Å²) in [5, 5.41) is 3.68. The van der Waals surface area contributed by atoms with E-state index in [9.17, 15) is 0 Å². The maximum Gasteiger partial charge on any atom is 0.0794 e. The molecule has 1 fully saturated rings. The third-order valence-corrected chi connectivity index (χ3v) is 4.49. The van der Waals surface area contributed by atoms with Crippen molar-refractivity contribution >= 4 is 11.3 Å². The van der Waals surface area contributed by atoms with Gasteiger partial charge in [-0.25, -0.2) is 0 Å². The second kappa shape index (κ2) is 5.78. The molecule has 0 aromatic carbocycles. The van der Waals surface area contributed by atoms with Crippen molar-refractivity contribution in [3.05, 3.63) is 16.6 Å². The van der Waals surface area contributed by atoms with Gasteiger partial charge in [0.25, 0.3) is 0 Å². The summed E-state index contributed by atoms with van der Waals surface area (Å²) in [6.45, 7) is 5.71. The molecular weight excluding hydrogens is 216 g/mol. The van der Waals surface area contributed by atoms with Gasteiger partial charge in [0.05, 0.1) is 5.51 Å². The number of thiazole rings is 1. The van der Waals surface area contributed by atoms with Crippen molar-refractivity contribution in [2.75, 3.05) is 0 Å². The third-order valence-electron chi connectivity index (χ3n) is 3.71. The molecule has 0 amide bonds. The highest BCUT2D eigenvalue weighted by Crippen LogP contribution is 2.30. The molecule has 1 aromatic heterocycles. The van der Waals surface area contributed by atoms with Crippen LogP contribution < -0.4 is 5.32 Å². The lowest BCUT2D eigenvalue weighted by atomic mass is 9.79. The molecule has 1 heterocycles. The molecule has 2 nitrogen and oxygen atoms in total. The van der Waals surface area contributed by atoms with Crippen LogP contribution in [0.1, 0.15) is 44.4 Å². The van der Waals surface area contributed by atoms with Crippen LogP contribution in [0.4, 0.5) is 0 Å². The van der Waals surface area contributed by atoms with Crippen LogP contribution in [-0.2, 0) is 6.54 Å². The van der Waals surface area contributed by atoms with E-state index in [4.69, 9.17) is 0 Å². The zero-order chi connectivity index (χ0) is 11.4. The van der Waals surface area contributed by atoms with E-state index in [-0.39, 0.29) is 0 Å². The Morgan fingerprint density at radius 2 is 2.38 bits per heavy atom. The van der Waals surface area contributed by atoms with Crippen molar-refractivity contribution in [1.29, 1.82) is 0 Å². The molecule has 3 heteroatoms. The average molecular weight is 238 g/mol. The van der Waals surface area contributed by atoms with E-state index >= 15 is 0 Å². The van der Waals surface area contributed by atoms with E-state index in [0.717, 1.165) is 24.4 Å². The van der Waals surface area contributed by atoms with Crippen molar-refractivity contribution in [2.24, 2.45) is 11.8 Å². The first kappa shape index (κ1) is 12.1. The largest absolute Gasteiger partial charge is 0.309 e. The quantitative estimate of drug-likeness (QED) is 0.869. The van der Waals surface area contributed by atoms with Gasteiger partial charge < -0.3 is 5.32 Å². The van der Waals surface area contributed by atoms with Crippen LogP contribution in [-0.4, -0.2) is 11.0 Å². The highest BCUT2D eigenvalue weighted by atomic mass is 32.1. The average Bonchev–Trinajstić information content (AvgIpc) is 2.79. The molecule has 1 aliphatic carbocycles. The fraction of sp³-hybridized carbons (Fsp3) is 0.769. The first-order valence-electron chi connectivity index (χ1n) is 6.36. The molecule has 0 aliphatic heterocycles. The van der Waals surface area contributed by atoms with Crippen LogP contribution in [0.25, 0.3) is 0 Å². The summed E-state index contributed by atoms with van der Waals surface area (Å²) < 4.78 is 0. The second-order valence-electron chi connectivity index (χ2n) is 5.22. The first-order valence-corrected chi connectivity index (χ1v) is 7.24. The third kappa shape index (κ3) is 3.29. The number of nitrogens with zero attached hydrogens (tertiary/aromatic N) is 1. The standard InChI is InChI=1S/C13H22N2S/c1-10(2)11-4-3-5-12(6-11)15-8-13-7-14-9-16-13/h7,9-12,15H,3-6,8H2,1-2H3. The van der Waals surface area contributed by atoms with E-state index in [1.807, 2.05) is 11.7 Å². The Labute approximate surface area is 102 Å². The predicted molar refractivity (Wildman–Crippen MR) is 69.5 cm³/mol. The Bertz CT molecular complexity index is 295. The van der Waals surface area contributed by atoms with Crippen molar-refractivity contribution in [3.8, 4) is 0 Å². The molecule has 90 valence electrons. The lowest BCUT2D eigenvalue weighted by Crippen LogP contribution is -2.34. The molecule has 0 saturated heterocycles. The molecule has 1 aliphatic rings. The first-order chi connectivity index (χ1) is 7.75. The summed E-state index contributed by atoms with van der Waals surface area (Å²) in [6, 6.07) is 0.725. The van der Waals surface area contributed by atoms with Crippen molar-refractivity contribution in [1.82, 2.24) is 10.3 Å². The molecule has 0 spiro atoms. The molecule has 1 aromatic rings. The monoisotopic (exact) mass is 238 g/mol. The van der Waals surface area contributed by atoms with Gasteiger partial charge in [0.15, 0.2) is 0 Å². The summed E-state index contributed by atoms with van der Waals surface area (Å²) in [4.78, 5) is 5.46. The fourth-order valence-electron chi connectivity index (χ4n) is 2.59. The van der Waals surface area contributed by atoms with Crippen LogP contribution in [0.15, 0.2) is 11.7 Å². The maximum atomic E-state index is 4.11. The van der Waals surface area contributed by atoms with Gasteiger partial charge in [-0.2, -0.15) is 0 Å². The van der Waals surface area contributed by atoms with Gasteiger partial charge in [-0.3, -0.25) is 4.98 Å². The summed E-state index contributed by atoms with van der Waals surface area (Å²) in [6.07, 6.45) is 7.50. The van der Waals surface area contributed by atoms with Gasteiger partial charge in [-0.15, -0.1) is 11.3 Å². The molecule has 1 N–H and O–H groups in total. The minimum atomic E-state index is 0.725. The Morgan fingerprint density at radius 1 is 1.50 bits per heavy atom. The summed E-state index contributed by atoms with van der Waals surface area (Å²) in [7, 11) is 0. The molecule has 0 bridgehead atoms. The van der Waals surface area contributed by atoms with Gasteiger partial charge in [0.2, 0.25) is 0 Å². The number of nitrogens with one attached hydrogen (secondary N) is 1. The van der Waals surface area contributed by atoms with Crippen LogP contribution in [0.2, 0.25) is 0 Å². The molecule has 2 atom stereocenters. The van der Waals surface area contributed by atoms with E-state index in [1.54, 1.807) is 11.3 Å². The van der Waals surface area contributed by atoms with E-state index in [1.165, 1.54) is 30.6 Å². The number of hydrogen-bond donors (Lipinski definition) is 1. The van der Waals surface area contributed by atoms with Crippen LogP contribution in [0.5, 0.6) is 0 Å². The Kier molecular flexibility index (Phi) is 4.36. The number of hydrogen-bond acceptors (Lipinski definition) is 3. The van der Waals surface area contributed by atoms with Crippen molar-refractivity contribution < 1.29 is 0 Å². The highest BCUT2D eigenvalue weighted by Gasteiger charge is 2.23. The lowest BCUT2D eigenvalue weighted by Gasteiger charge is -2.32. The molecular formula is C13H22N2S. The lowest BCUT2D eigenvalue weighted by molar-refractivity contribution is 0.231. The van der Waals surface area contributed by atoms with Gasteiger partial charge >= 0.3 is 0 Å². The molecule has 2 rings (SSSR count). The number of rotatable bonds is 4. The topological polar surface area (TPSA) is 24.9 Å². The van der Waals surface area contributed by atoms with Crippen LogP contribution in [0, 0.1) is 11.8 Å². The van der Waals surface area contributed by atoms with Gasteiger partial charge in [0, 0.05) is 23.7 Å². The highest BCUT2D eigenvalue weighted by molar-refractivity contribution is 7.09.